The molecule has 11 nitrogen and oxygen atoms in total. The van der Waals surface area contributed by atoms with Crippen molar-refractivity contribution in [3.63, 3.8) is 0 Å². The summed E-state index contributed by atoms with van der Waals surface area (Å²) in [6, 6.07) is 2.34. The zero-order valence-corrected chi connectivity index (χ0v) is 20.8. The third-order valence-electron chi connectivity index (χ3n) is 5.02. The highest BCUT2D eigenvalue weighted by atomic mass is 32.1. The first-order chi connectivity index (χ1) is 17.3. The van der Waals surface area contributed by atoms with Crippen LogP contribution in [0.25, 0.3) is 11.0 Å². The molecule has 0 unspecified atom stereocenters. The molecule has 3 aromatic rings. The quantitative estimate of drug-likeness (QED) is 0.235. The Kier molecular flexibility index (Phi) is 9.24. The van der Waals surface area contributed by atoms with Gasteiger partial charge < -0.3 is 25.5 Å². The molecule has 1 amide bonds. The summed E-state index contributed by atoms with van der Waals surface area (Å²) in [6.07, 6.45) is 1.02. The largest absolute Gasteiger partial charge is 0.466 e. The molecule has 12 heteroatoms. The summed E-state index contributed by atoms with van der Waals surface area (Å²) in [6.45, 7) is 3.73. The zero-order valence-electron chi connectivity index (χ0n) is 19.9. The molecule has 0 bridgehead atoms. The predicted octanol–water partition coefficient (Wildman–Crippen LogP) is 1.88. The smallest absolute Gasteiger partial charge is 0.328 e. The van der Waals surface area contributed by atoms with Crippen LogP contribution in [0.4, 0.5) is 5.95 Å². The van der Waals surface area contributed by atoms with E-state index >= 15 is 0 Å². The number of aryl methyl sites for hydroxylation is 1. The van der Waals surface area contributed by atoms with Gasteiger partial charge >= 0.3 is 11.9 Å². The Balaban J connectivity index is 1.64. The summed E-state index contributed by atoms with van der Waals surface area (Å²) < 4.78 is 9.93. The number of hydrogen-bond acceptors (Lipinski definition) is 9. The lowest BCUT2D eigenvalue weighted by Gasteiger charge is -2.16. The molecule has 0 radical (unpaired) electrons. The fraction of sp³-hybridized carbons (Fsp3) is 0.375. The van der Waals surface area contributed by atoms with E-state index in [0.717, 1.165) is 5.69 Å². The minimum absolute atomic E-state index is 0.0321. The number of fused-ring (bicyclic) bond motifs is 1. The third-order valence-corrected chi connectivity index (χ3v) is 5.85. The van der Waals surface area contributed by atoms with Crippen molar-refractivity contribution >= 4 is 46.2 Å². The van der Waals surface area contributed by atoms with Crippen molar-refractivity contribution in [1.82, 2.24) is 20.3 Å². The Bertz CT molecular complexity index is 1360. The Morgan fingerprint density at radius 1 is 1.22 bits per heavy atom. The number of nitrogen functional groups attached to an aromatic ring is 1. The number of anilines is 1. The van der Waals surface area contributed by atoms with E-state index in [0.29, 0.717) is 34.3 Å². The number of aromatic amines is 2. The number of amides is 1. The van der Waals surface area contributed by atoms with Crippen molar-refractivity contribution in [3.05, 3.63) is 44.0 Å². The van der Waals surface area contributed by atoms with Crippen LogP contribution in [-0.4, -0.2) is 52.1 Å². The van der Waals surface area contributed by atoms with E-state index in [1.807, 2.05) is 0 Å². The van der Waals surface area contributed by atoms with Crippen LogP contribution in [0.3, 0.4) is 0 Å². The van der Waals surface area contributed by atoms with E-state index in [1.54, 1.807) is 31.4 Å². The van der Waals surface area contributed by atoms with Crippen molar-refractivity contribution in [2.75, 3.05) is 18.9 Å². The summed E-state index contributed by atoms with van der Waals surface area (Å²) in [5.74, 6) is 4.50. The molecule has 0 fully saturated rings. The average molecular weight is 514 g/mol. The highest BCUT2D eigenvalue weighted by Crippen LogP contribution is 2.17. The number of rotatable bonds is 10. The molecule has 0 aliphatic rings. The van der Waals surface area contributed by atoms with Crippen molar-refractivity contribution in [2.45, 2.75) is 45.6 Å². The van der Waals surface area contributed by atoms with Gasteiger partial charge in [-0.3, -0.25) is 19.4 Å². The van der Waals surface area contributed by atoms with Gasteiger partial charge in [-0.25, -0.2) is 4.79 Å². The lowest BCUT2D eigenvalue weighted by Crippen LogP contribution is -2.42. The summed E-state index contributed by atoms with van der Waals surface area (Å²) >= 11 is 1.30. The lowest BCUT2D eigenvalue weighted by atomic mass is 10.1. The van der Waals surface area contributed by atoms with E-state index in [-0.39, 0.29) is 37.6 Å². The molecule has 190 valence electrons. The number of hydrogen-bond donors (Lipinski definition) is 4. The van der Waals surface area contributed by atoms with E-state index in [2.05, 4.69) is 32.1 Å². The SMILES string of the molecule is CCOC(=O)CC[C@H](NC(=O)c1ccsc1C#CCCc1cc2c(=O)[nH]c(N)nc2[nH]1)C(=O)OCC. The lowest BCUT2D eigenvalue weighted by molar-refractivity contribution is -0.146. The maximum Gasteiger partial charge on any atom is 0.328 e. The van der Waals surface area contributed by atoms with E-state index in [1.165, 1.54) is 11.3 Å². The molecular formula is C24H27N5O6S. The summed E-state index contributed by atoms with van der Waals surface area (Å²) in [5, 5.41) is 4.80. The topological polar surface area (TPSA) is 169 Å². The molecule has 3 rings (SSSR count). The molecule has 3 heterocycles. The minimum atomic E-state index is -0.990. The van der Waals surface area contributed by atoms with Crippen LogP contribution in [0.5, 0.6) is 0 Å². The normalized spacial score (nSPS) is 11.4. The van der Waals surface area contributed by atoms with Crippen LogP contribution < -0.4 is 16.6 Å². The molecule has 36 heavy (non-hydrogen) atoms. The molecule has 3 aromatic heterocycles. The minimum Gasteiger partial charge on any atom is -0.466 e. The van der Waals surface area contributed by atoms with Gasteiger partial charge in [-0.2, -0.15) is 4.98 Å². The van der Waals surface area contributed by atoms with Gasteiger partial charge in [-0.05, 0) is 44.2 Å². The maximum absolute atomic E-state index is 12.9. The number of carbonyl (C=O) groups excluding carboxylic acids is 3. The Morgan fingerprint density at radius 3 is 2.75 bits per heavy atom. The number of aromatic nitrogens is 3. The van der Waals surface area contributed by atoms with Crippen molar-refractivity contribution in [2.24, 2.45) is 0 Å². The van der Waals surface area contributed by atoms with Gasteiger partial charge in [0.1, 0.15) is 11.7 Å². The second-order valence-corrected chi connectivity index (χ2v) is 8.51. The highest BCUT2D eigenvalue weighted by Gasteiger charge is 2.25. The van der Waals surface area contributed by atoms with Gasteiger partial charge in [0.25, 0.3) is 11.5 Å². The third kappa shape index (κ3) is 6.96. The molecule has 1 atom stereocenters. The Hall–Kier alpha value is -4.11. The van der Waals surface area contributed by atoms with Crippen molar-refractivity contribution in [3.8, 4) is 11.8 Å². The molecule has 0 saturated heterocycles. The van der Waals surface area contributed by atoms with Crippen LogP contribution in [0.1, 0.15) is 54.0 Å². The number of nitrogens with zero attached hydrogens (tertiary/aromatic N) is 1. The second-order valence-electron chi connectivity index (χ2n) is 7.59. The number of carbonyl (C=O) groups is 3. The second kappa shape index (κ2) is 12.6. The number of thiophene rings is 1. The van der Waals surface area contributed by atoms with Crippen LogP contribution in [-0.2, 0) is 25.5 Å². The highest BCUT2D eigenvalue weighted by molar-refractivity contribution is 7.10. The van der Waals surface area contributed by atoms with E-state index < -0.39 is 23.9 Å². The van der Waals surface area contributed by atoms with Crippen molar-refractivity contribution < 1.29 is 23.9 Å². The Morgan fingerprint density at radius 2 is 2.00 bits per heavy atom. The number of esters is 2. The van der Waals surface area contributed by atoms with Gasteiger partial charge in [0.05, 0.1) is 29.0 Å². The van der Waals surface area contributed by atoms with Crippen LogP contribution >= 0.6 is 11.3 Å². The molecule has 0 saturated carbocycles. The molecule has 0 aliphatic carbocycles. The molecule has 0 aromatic carbocycles. The van der Waals surface area contributed by atoms with Crippen LogP contribution in [0.15, 0.2) is 22.3 Å². The predicted molar refractivity (Wildman–Crippen MR) is 134 cm³/mol. The van der Waals surface area contributed by atoms with Gasteiger partial charge in [0.2, 0.25) is 5.95 Å². The fourth-order valence-corrected chi connectivity index (χ4v) is 4.13. The summed E-state index contributed by atoms with van der Waals surface area (Å²) in [7, 11) is 0. The van der Waals surface area contributed by atoms with E-state index in [9.17, 15) is 19.2 Å². The molecule has 0 spiro atoms. The average Bonchev–Trinajstić information content (AvgIpc) is 3.46. The first-order valence-electron chi connectivity index (χ1n) is 11.4. The fourth-order valence-electron chi connectivity index (χ4n) is 3.37. The van der Waals surface area contributed by atoms with Crippen LogP contribution in [0, 0.1) is 11.8 Å². The van der Waals surface area contributed by atoms with E-state index in [4.69, 9.17) is 15.2 Å². The van der Waals surface area contributed by atoms with Gasteiger partial charge in [-0.1, -0.05) is 11.8 Å². The number of ether oxygens (including phenoxy) is 2. The first kappa shape index (κ1) is 26.5. The van der Waals surface area contributed by atoms with Crippen LogP contribution in [0.2, 0.25) is 0 Å². The first-order valence-corrected chi connectivity index (χ1v) is 12.3. The zero-order chi connectivity index (χ0) is 26.1. The molecule has 0 aliphatic heterocycles. The maximum atomic E-state index is 12.9. The van der Waals surface area contributed by atoms with Gasteiger partial charge in [0, 0.05) is 18.5 Å². The summed E-state index contributed by atoms with van der Waals surface area (Å²) in [5.41, 5.74) is 6.77. The number of nitrogens with two attached hydrogens (primary N) is 1. The van der Waals surface area contributed by atoms with Gasteiger partial charge in [0.15, 0.2) is 0 Å². The monoisotopic (exact) mass is 513 g/mol. The molecule has 5 N–H and O–H groups in total. The number of nitrogens with one attached hydrogen (secondary N) is 3. The standard InChI is InChI=1S/C24H27N5O6S/c1-3-34-19(30)10-9-17(23(33)35-4-2)27-21(31)15-11-12-36-18(15)8-6-5-7-14-13-16-20(26-14)28-24(25)29-22(16)32/h11-13,17H,3-5,7,9-10H2,1-2H3,(H,27,31)(H4,25,26,28,29,32)/t17-/m0/s1. The van der Waals surface area contributed by atoms with Gasteiger partial charge in [-0.15, -0.1) is 11.3 Å². The van der Waals surface area contributed by atoms with Crippen molar-refractivity contribution in [1.29, 1.82) is 0 Å². The summed E-state index contributed by atoms with van der Waals surface area (Å²) in [4.78, 5) is 58.9. The molecular weight excluding hydrogens is 486 g/mol. The number of H-pyrrole nitrogens is 2. The Labute approximate surface area is 210 Å².